The molecule has 2 aromatic rings. The maximum atomic E-state index is 12.8. The van der Waals surface area contributed by atoms with E-state index in [1.807, 2.05) is 13.8 Å². The van der Waals surface area contributed by atoms with Crippen molar-refractivity contribution in [3.8, 4) is 0 Å². The number of fused-ring (bicyclic) bond motifs is 1. The molecule has 1 aliphatic heterocycles. The highest BCUT2D eigenvalue weighted by Gasteiger charge is 2.29. The maximum Gasteiger partial charge on any atom is 0.319 e. The molecular weight excluding hydrogens is 336 g/mol. The average molecular weight is 353 g/mol. The van der Waals surface area contributed by atoms with Crippen LogP contribution in [0.1, 0.15) is 20.3 Å². The van der Waals surface area contributed by atoms with Gasteiger partial charge in [-0.15, -0.1) is 0 Å². The number of benzene rings is 1. The summed E-state index contributed by atoms with van der Waals surface area (Å²) >= 11 is 7.31. The minimum absolute atomic E-state index is 0.125. The Hall–Kier alpha value is -1.53. The predicted octanol–water partition coefficient (Wildman–Crippen LogP) is 3.11. The molecule has 1 aliphatic rings. The Morgan fingerprint density at radius 1 is 1.43 bits per heavy atom. The van der Waals surface area contributed by atoms with Gasteiger partial charge in [-0.1, -0.05) is 37.2 Å². The molecule has 0 amide bonds. The maximum absolute atomic E-state index is 12.8. The highest BCUT2D eigenvalue weighted by Crippen LogP contribution is 2.29. The molecule has 0 saturated carbocycles. The molecule has 122 valence electrons. The van der Waals surface area contributed by atoms with E-state index in [4.69, 9.17) is 16.3 Å². The normalized spacial score (nSPS) is 17.9. The highest BCUT2D eigenvalue weighted by molar-refractivity contribution is 8.00. The second-order valence-corrected chi connectivity index (χ2v) is 7.53. The van der Waals surface area contributed by atoms with Crippen molar-refractivity contribution >= 4 is 40.2 Å². The summed E-state index contributed by atoms with van der Waals surface area (Å²) in [7, 11) is 0. The standard InChI is InChI=1S/C16H17ClN2O3S/c1-9(2)8-19-14(20)11-7-10(17)3-4-12(11)18-16(19)23-13-5-6-22-15(13)21/h3-4,7,9,13H,5-6,8H2,1-2H3/t13-/m0/s1. The zero-order chi connectivity index (χ0) is 16.6. The second kappa shape index (κ2) is 6.53. The van der Waals surface area contributed by atoms with E-state index in [1.165, 1.54) is 11.8 Å². The van der Waals surface area contributed by atoms with Crippen molar-refractivity contribution in [2.24, 2.45) is 5.92 Å². The van der Waals surface area contributed by atoms with Gasteiger partial charge in [-0.3, -0.25) is 14.2 Å². The Labute approximate surface area is 143 Å². The number of esters is 1. The number of rotatable bonds is 4. The number of aromatic nitrogens is 2. The third-order valence-electron chi connectivity index (χ3n) is 3.56. The molecule has 0 spiro atoms. The van der Waals surface area contributed by atoms with Crippen LogP contribution in [-0.4, -0.2) is 27.4 Å². The van der Waals surface area contributed by atoms with Gasteiger partial charge in [0.2, 0.25) is 0 Å². The van der Waals surface area contributed by atoms with Gasteiger partial charge in [-0.25, -0.2) is 4.98 Å². The van der Waals surface area contributed by atoms with E-state index in [0.29, 0.717) is 40.7 Å². The Morgan fingerprint density at radius 3 is 2.87 bits per heavy atom. The van der Waals surface area contributed by atoms with Crippen LogP contribution >= 0.6 is 23.4 Å². The van der Waals surface area contributed by atoms with Crippen molar-refractivity contribution in [1.29, 1.82) is 0 Å². The lowest BCUT2D eigenvalue weighted by Gasteiger charge is -2.16. The lowest BCUT2D eigenvalue weighted by molar-refractivity contribution is -0.137. The van der Waals surface area contributed by atoms with Gasteiger partial charge >= 0.3 is 5.97 Å². The van der Waals surface area contributed by atoms with E-state index in [9.17, 15) is 9.59 Å². The summed E-state index contributed by atoms with van der Waals surface area (Å²) in [6.07, 6.45) is 0.639. The number of hydrogen-bond donors (Lipinski definition) is 0. The number of hydrogen-bond acceptors (Lipinski definition) is 5. The summed E-state index contributed by atoms with van der Waals surface area (Å²) in [4.78, 5) is 29.1. The van der Waals surface area contributed by atoms with Gasteiger partial charge in [0.15, 0.2) is 5.16 Å². The van der Waals surface area contributed by atoms with Crippen LogP contribution in [0.3, 0.4) is 0 Å². The third-order valence-corrected chi connectivity index (χ3v) is 5.03. The average Bonchev–Trinajstić information content (AvgIpc) is 2.89. The van der Waals surface area contributed by atoms with E-state index in [1.54, 1.807) is 22.8 Å². The topological polar surface area (TPSA) is 61.2 Å². The number of nitrogens with zero attached hydrogens (tertiary/aromatic N) is 2. The number of thioether (sulfide) groups is 1. The largest absolute Gasteiger partial charge is 0.465 e. The van der Waals surface area contributed by atoms with E-state index in [2.05, 4.69) is 4.98 Å². The van der Waals surface area contributed by atoms with Crippen molar-refractivity contribution in [3.05, 3.63) is 33.6 Å². The Balaban J connectivity index is 2.12. The minimum Gasteiger partial charge on any atom is -0.465 e. The number of cyclic esters (lactones) is 1. The van der Waals surface area contributed by atoms with Gasteiger partial charge in [0.25, 0.3) is 5.56 Å². The molecule has 5 nitrogen and oxygen atoms in total. The van der Waals surface area contributed by atoms with Crippen molar-refractivity contribution in [3.63, 3.8) is 0 Å². The molecule has 2 heterocycles. The molecule has 23 heavy (non-hydrogen) atoms. The quantitative estimate of drug-likeness (QED) is 0.625. The molecule has 0 aliphatic carbocycles. The number of carbonyl (C=O) groups excluding carboxylic acids is 1. The first-order chi connectivity index (χ1) is 11.0. The zero-order valence-electron chi connectivity index (χ0n) is 12.9. The molecule has 0 radical (unpaired) electrons. The monoisotopic (exact) mass is 352 g/mol. The molecular formula is C16H17ClN2O3S. The van der Waals surface area contributed by atoms with Crippen molar-refractivity contribution in [2.75, 3.05) is 6.61 Å². The Morgan fingerprint density at radius 2 is 2.22 bits per heavy atom. The first kappa shape index (κ1) is 16.3. The van der Waals surface area contributed by atoms with Gasteiger partial charge in [-0.05, 0) is 24.1 Å². The van der Waals surface area contributed by atoms with Gasteiger partial charge in [-0.2, -0.15) is 0 Å². The molecule has 7 heteroatoms. The summed E-state index contributed by atoms with van der Waals surface area (Å²) < 4.78 is 6.64. The second-order valence-electron chi connectivity index (χ2n) is 5.93. The first-order valence-electron chi connectivity index (χ1n) is 7.49. The summed E-state index contributed by atoms with van der Waals surface area (Å²) in [5, 5.41) is 1.26. The number of carbonyl (C=O) groups is 1. The molecule has 1 atom stereocenters. The molecule has 3 rings (SSSR count). The SMILES string of the molecule is CC(C)Cn1c(S[C@H]2CCOC2=O)nc2ccc(Cl)cc2c1=O. The summed E-state index contributed by atoms with van der Waals surface area (Å²) in [6.45, 7) is 5.03. The van der Waals surface area contributed by atoms with E-state index >= 15 is 0 Å². The zero-order valence-corrected chi connectivity index (χ0v) is 14.5. The van der Waals surface area contributed by atoms with Crippen LogP contribution in [0.2, 0.25) is 5.02 Å². The fraction of sp³-hybridized carbons (Fsp3) is 0.438. The van der Waals surface area contributed by atoms with Crippen LogP contribution < -0.4 is 5.56 Å². The summed E-state index contributed by atoms with van der Waals surface area (Å²) in [5.41, 5.74) is 0.466. The van der Waals surface area contributed by atoms with Crippen LogP contribution in [0.25, 0.3) is 10.9 Å². The van der Waals surface area contributed by atoms with Crippen LogP contribution in [-0.2, 0) is 16.1 Å². The van der Waals surface area contributed by atoms with Crippen LogP contribution in [0, 0.1) is 5.92 Å². The Bertz CT molecular complexity index is 819. The number of ether oxygens (including phenoxy) is 1. The lowest BCUT2D eigenvalue weighted by Crippen LogP contribution is -2.26. The van der Waals surface area contributed by atoms with Gasteiger partial charge in [0, 0.05) is 18.0 Å². The molecule has 0 N–H and O–H groups in total. The van der Waals surface area contributed by atoms with Gasteiger partial charge in [0.05, 0.1) is 17.5 Å². The van der Waals surface area contributed by atoms with E-state index in [-0.39, 0.29) is 22.7 Å². The van der Waals surface area contributed by atoms with Crippen LogP contribution in [0.15, 0.2) is 28.2 Å². The molecule has 1 saturated heterocycles. The minimum atomic E-state index is -0.301. The van der Waals surface area contributed by atoms with Crippen molar-refractivity contribution in [1.82, 2.24) is 9.55 Å². The van der Waals surface area contributed by atoms with Gasteiger partial charge < -0.3 is 4.74 Å². The van der Waals surface area contributed by atoms with Crippen LogP contribution in [0.4, 0.5) is 0 Å². The van der Waals surface area contributed by atoms with Gasteiger partial charge in [0.1, 0.15) is 5.25 Å². The first-order valence-corrected chi connectivity index (χ1v) is 8.75. The fourth-order valence-electron chi connectivity index (χ4n) is 2.50. The fourth-order valence-corrected chi connectivity index (χ4v) is 3.74. The van der Waals surface area contributed by atoms with Crippen molar-refractivity contribution in [2.45, 2.75) is 37.2 Å². The van der Waals surface area contributed by atoms with E-state index in [0.717, 1.165) is 0 Å². The Kier molecular flexibility index (Phi) is 4.64. The lowest BCUT2D eigenvalue weighted by atomic mass is 10.2. The molecule has 1 aromatic carbocycles. The van der Waals surface area contributed by atoms with Crippen LogP contribution in [0.5, 0.6) is 0 Å². The molecule has 0 bridgehead atoms. The number of halogens is 1. The molecule has 0 unspecified atom stereocenters. The summed E-state index contributed by atoms with van der Waals surface area (Å²) in [5.74, 6) is 0.0394. The molecule has 1 aromatic heterocycles. The highest BCUT2D eigenvalue weighted by atomic mass is 35.5. The predicted molar refractivity (Wildman–Crippen MR) is 91.1 cm³/mol. The van der Waals surface area contributed by atoms with Crippen molar-refractivity contribution < 1.29 is 9.53 Å². The van der Waals surface area contributed by atoms with E-state index < -0.39 is 0 Å². The summed E-state index contributed by atoms with van der Waals surface area (Å²) in [6, 6.07) is 5.08. The smallest absolute Gasteiger partial charge is 0.319 e. The third kappa shape index (κ3) is 3.38. The molecule has 1 fully saturated rings.